The summed E-state index contributed by atoms with van der Waals surface area (Å²) in [7, 11) is 0. The molecular formula is C42H26O22. The first kappa shape index (κ1) is 39.6. The van der Waals surface area contributed by atoms with E-state index in [4.69, 9.17) is 4.42 Å². The Morgan fingerprint density at radius 3 is 0.969 bits per heavy atom. The highest BCUT2D eigenvalue weighted by atomic mass is 16.4. The minimum absolute atomic E-state index is 0.131. The highest BCUT2D eigenvalue weighted by Gasteiger charge is 2.40. The van der Waals surface area contributed by atoms with E-state index in [1.807, 2.05) is 0 Å². The quantitative estimate of drug-likeness (QED) is 0.0560. The zero-order valence-corrected chi connectivity index (χ0v) is 31.2. The molecule has 1 heterocycles. The minimum atomic E-state index is -1.64. The molecule has 1 aromatic heterocycles. The normalized spacial score (nSPS) is 11.8. The maximum Gasteiger partial charge on any atom is 0.208 e. The molecule has 326 valence electrons. The van der Waals surface area contributed by atoms with Crippen LogP contribution in [0.15, 0.2) is 34.7 Å². The summed E-state index contributed by atoms with van der Waals surface area (Å²) in [6, 6.07) is 6.81. The average molecular weight is 883 g/mol. The smallest absolute Gasteiger partial charge is 0.208 e. The molecule has 0 atom stereocenters. The Labute approximate surface area is 349 Å². The van der Waals surface area contributed by atoms with E-state index in [1.54, 1.807) is 0 Å². The molecule has 64 heavy (non-hydrogen) atoms. The standard InChI is InChI=1S/C42H26O22/c43-20-7(6-4-2-1-3-5-6)21(44)22(45)11-8(13-15-16(27(50)32(55)23(13)46)28(51)37(60)36(59)26(15)49)12-14(25(48)35(58)34(57)24(12)47)9(10(11)20)17-29(52)33(56)30(53)18-19-31(54)38(61)39(62)40(63)42(19)64-41(17)18/h1-5,43-63H. The van der Waals surface area contributed by atoms with Gasteiger partial charge in [0, 0.05) is 43.6 Å². The zero-order valence-electron chi connectivity index (χ0n) is 31.2. The van der Waals surface area contributed by atoms with Crippen molar-refractivity contribution in [3.63, 3.8) is 0 Å². The lowest BCUT2D eigenvalue weighted by molar-refractivity contribution is 0.347. The molecule has 8 aromatic carbocycles. The molecule has 0 bridgehead atoms. The number of rotatable bonds is 3. The first-order valence-electron chi connectivity index (χ1n) is 17.8. The second-order valence-corrected chi connectivity index (χ2v) is 14.3. The Balaban J connectivity index is 1.72. The van der Waals surface area contributed by atoms with Crippen molar-refractivity contribution >= 4 is 54.3 Å². The van der Waals surface area contributed by atoms with Crippen molar-refractivity contribution in [2.24, 2.45) is 0 Å². The van der Waals surface area contributed by atoms with Gasteiger partial charge in [0.05, 0.1) is 27.3 Å². The molecule has 0 fully saturated rings. The van der Waals surface area contributed by atoms with Crippen LogP contribution in [0.2, 0.25) is 0 Å². The molecule has 0 amide bonds. The summed E-state index contributed by atoms with van der Waals surface area (Å²) in [5.74, 6) is -31.3. The van der Waals surface area contributed by atoms with Gasteiger partial charge in [-0.3, -0.25) is 0 Å². The summed E-state index contributed by atoms with van der Waals surface area (Å²) in [5.41, 5.74) is -7.55. The van der Waals surface area contributed by atoms with Crippen molar-refractivity contribution in [2.75, 3.05) is 0 Å². The van der Waals surface area contributed by atoms with Crippen LogP contribution in [0.25, 0.3) is 87.6 Å². The van der Waals surface area contributed by atoms with E-state index in [9.17, 15) is 107 Å². The van der Waals surface area contributed by atoms with Gasteiger partial charge in [-0.25, -0.2) is 0 Å². The van der Waals surface area contributed by atoms with Crippen LogP contribution in [-0.4, -0.2) is 107 Å². The fourth-order valence-electron chi connectivity index (χ4n) is 8.26. The number of furan rings is 1. The van der Waals surface area contributed by atoms with Gasteiger partial charge in [-0.15, -0.1) is 0 Å². The van der Waals surface area contributed by atoms with Crippen LogP contribution in [-0.2, 0) is 0 Å². The van der Waals surface area contributed by atoms with E-state index >= 15 is 0 Å². The minimum Gasteiger partial charge on any atom is -0.506 e. The van der Waals surface area contributed by atoms with E-state index in [0.29, 0.717) is 0 Å². The number of hydrogen-bond acceptors (Lipinski definition) is 22. The Bertz CT molecular complexity index is 3660. The molecule has 0 spiro atoms. The number of aromatic hydroxyl groups is 21. The second-order valence-electron chi connectivity index (χ2n) is 14.3. The summed E-state index contributed by atoms with van der Waals surface area (Å²) >= 11 is 0. The fourth-order valence-corrected chi connectivity index (χ4v) is 8.26. The summed E-state index contributed by atoms with van der Waals surface area (Å²) in [6.07, 6.45) is 0. The van der Waals surface area contributed by atoms with Crippen molar-refractivity contribution in [3.8, 4) is 154 Å². The van der Waals surface area contributed by atoms with Crippen molar-refractivity contribution in [2.45, 2.75) is 0 Å². The summed E-state index contributed by atoms with van der Waals surface area (Å²) in [5, 5.41) is 227. The molecule has 0 aliphatic rings. The van der Waals surface area contributed by atoms with Crippen molar-refractivity contribution in [1.29, 1.82) is 0 Å². The van der Waals surface area contributed by atoms with Crippen LogP contribution in [0.3, 0.4) is 0 Å². The maximum atomic E-state index is 12.5. The number of benzene rings is 8. The van der Waals surface area contributed by atoms with Crippen LogP contribution in [0.1, 0.15) is 0 Å². The number of phenolic OH excluding ortho intramolecular Hbond substituents is 21. The molecule has 21 N–H and O–H groups in total. The lowest BCUT2D eigenvalue weighted by Crippen LogP contribution is -1.97. The largest absolute Gasteiger partial charge is 0.506 e. The van der Waals surface area contributed by atoms with E-state index < -0.39 is 203 Å². The fraction of sp³-hybridized carbons (Fsp3) is 0. The highest BCUT2D eigenvalue weighted by Crippen LogP contribution is 2.68. The third-order valence-corrected chi connectivity index (χ3v) is 11.1. The summed E-state index contributed by atoms with van der Waals surface area (Å²) in [6.45, 7) is 0. The Morgan fingerprint density at radius 2 is 0.500 bits per heavy atom. The van der Waals surface area contributed by atoms with Gasteiger partial charge >= 0.3 is 0 Å². The van der Waals surface area contributed by atoms with E-state index in [2.05, 4.69) is 0 Å². The number of hydrogen-bond donors (Lipinski definition) is 21. The molecule has 22 heteroatoms. The van der Waals surface area contributed by atoms with E-state index in [0.717, 1.165) is 0 Å². The molecule has 9 aromatic rings. The van der Waals surface area contributed by atoms with Crippen LogP contribution in [0.4, 0.5) is 0 Å². The monoisotopic (exact) mass is 882 g/mol. The lowest BCUT2D eigenvalue weighted by atomic mass is 9.80. The van der Waals surface area contributed by atoms with E-state index in [-0.39, 0.29) is 5.56 Å². The predicted molar refractivity (Wildman–Crippen MR) is 218 cm³/mol. The summed E-state index contributed by atoms with van der Waals surface area (Å²) < 4.78 is 5.73. The Morgan fingerprint density at radius 1 is 0.203 bits per heavy atom. The van der Waals surface area contributed by atoms with Gasteiger partial charge in [0.1, 0.15) is 5.75 Å². The SMILES string of the molecule is Oc1c(O)c(O)c2c(oc3c(-c4c5c(O)c(O)c(O)c(O)c5c(-c5c(O)c(O)c(O)c6c(O)c(O)c(O)c(O)c56)c5c(O)c(O)c(-c6ccccc6)c(O)c45)c(O)c(O)c(O)c32)c1O. The van der Waals surface area contributed by atoms with Crippen molar-refractivity contribution in [1.82, 2.24) is 0 Å². The Hall–Kier alpha value is -9.86. The molecular weight excluding hydrogens is 856 g/mol. The highest BCUT2D eigenvalue weighted by molar-refractivity contribution is 6.34. The Kier molecular flexibility index (Phi) is 7.79. The first-order chi connectivity index (χ1) is 30.1. The maximum absolute atomic E-state index is 12.5. The van der Waals surface area contributed by atoms with Gasteiger partial charge in [-0.2, -0.15) is 0 Å². The van der Waals surface area contributed by atoms with Gasteiger partial charge in [0.25, 0.3) is 0 Å². The molecule has 22 nitrogen and oxygen atoms in total. The van der Waals surface area contributed by atoms with Gasteiger partial charge in [0.2, 0.25) is 51.7 Å². The molecule has 0 unspecified atom stereocenters. The van der Waals surface area contributed by atoms with Gasteiger partial charge < -0.3 is 112 Å². The van der Waals surface area contributed by atoms with Gasteiger partial charge in [-0.05, 0) is 5.56 Å². The average Bonchev–Trinajstić information content (AvgIpc) is 3.68. The zero-order chi connectivity index (χ0) is 46.6. The third kappa shape index (κ3) is 4.50. The molecule has 0 radical (unpaired) electrons. The van der Waals surface area contributed by atoms with Gasteiger partial charge in [0.15, 0.2) is 74.4 Å². The molecule has 0 saturated heterocycles. The topological polar surface area (TPSA) is 438 Å². The molecule has 0 aliphatic carbocycles. The second kappa shape index (κ2) is 12.6. The lowest BCUT2D eigenvalue weighted by Gasteiger charge is -2.25. The van der Waals surface area contributed by atoms with Crippen molar-refractivity contribution < 1.29 is 112 Å². The molecule has 9 rings (SSSR count). The number of phenols is 21. The number of fused-ring (bicyclic) bond motifs is 6. The van der Waals surface area contributed by atoms with Crippen LogP contribution >= 0.6 is 0 Å². The van der Waals surface area contributed by atoms with Crippen LogP contribution < -0.4 is 0 Å². The van der Waals surface area contributed by atoms with E-state index in [1.165, 1.54) is 30.3 Å². The summed E-state index contributed by atoms with van der Waals surface area (Å²) in [4.78, 5) is 0. The van der Waals surface area contributed by atoms with Crippen LogP contribution in [0, 0.1) is 0 Å². The van der Waals surface area contributed by atoms with Gasteiger partial charge in [-0.1, -0.05) is 30.3 Å². The first-order valence-corrected chi connectivity index (χ1v) is 17.8. The predicted octanol–water partition coefficient (Wildman–Crippen LogP) is 5.86. The molecule has 0 saturated carbocycles. The van der Waals surface area contributed by atoms with Crippen LogP contribution in [0.5, 0.6) is 121 Å². The van der Waals surface area contributed by atoms with Crippen molar-refractivity contribution in [3.05, 3.63) is 30.3 Å². The molecule has 0 aliphatic heterocycles. The third-order valence-electron chi connectivity index (χ3n) is 11.1.